The molecule has 1 N–H and O–H groups in total. The lowest BCUT2D eigenvalue weighted by Gasteiger charge is -2.51. The Labute approximate surface area is 211 Å². The summed E-state index contributed by atoms with van der Waals surface area (Å²) < 4.78 is 12.2. The van der Waals surface area contributed by atoms with Crippen molar-refractivity contribution in [2.45, 2.75) is 44.6 Å². The monoisotopic (exact) mass is 486 g/mol. The highest BCUT2D eigenvalue weighted by molar-refractivity contribution is 5.90. The van der Waals surface area contributed by atoms with Gasteiger partial charge in [0.25, 0.3) is 5.91 Å². The fourth-order valence-corrected chi connectivity index (χ4v) is 6.40. The van der Waals surface area contributed by atoms with Gasteiger partial charge in [-0.05, 0) is 28.7 Å². The summed E-state index contributed by atoms with van der Waals surface area (Å²) in [5.41, 5.74) is 4.47. The second kappa shape index (κ2) is 9.21. The van der Waals surface area contributed by atoms with E-state index in [2.05, 4.69) is 34.7 Å². The van der Waals surface area contributed by atoms with Crippen molar-refractivity contribution >= 4 is 17.7 Å². The number of aromatic nitrogens is 1. The van der Waals surface area contributed by atoms with Gasteiger partial charge in [0.1, 0.15) is 18.2 Å². The van der Waals surface area contributed by atoms with Crippen LogP contribution in [0.5, 0.6) is 0 Å². The number of ether oxygens (including phenoxy) is 1. The number of aryl methyl sites for hydroxylation is 1. The Bertz CT molecular complexity index is 1250. The van der Waals surface area contributed by atoms with E-state index in [0.717, 1.165) is 55.7 Å². The van der Waals surface area contributed by atoms with Crippen molar-refractivity contribution < 1.29 is 23.3 Å². The molecule has 0 unspecified atom stereocenters. The van der Waals surface area contributed by atoms with Crippen LogP contribution in [-0.2, 0) is 27.2 Å². The lowest BCUT2D eigenvalue weighted by molar-refractivity contribution is -0.938. The first kappa shape index (κ1) is 23.0. The number of piperidine rings is 3. The van der Waals surface area contributed by atoms with Crippen molar-refractivity contribution in [3.8, 4) is 0 Å². The highest BCUT2D eigenvalue weighted by atomic mass is 16.5. The number of hydrogen-bond donors (Lipinski definition) is 1. The largest absolute Gasteiger partial charge is 0.455 e. The molecule has 7 heteroatoms. The SMILES string of the molecule is CCc1cc(NC(=O)C[N+]23CCC(CC2)[C@@H](OC(=O)C2c4ccccc4Cc4ccccc42)C3)no1. The zero-order valence-electron chi connectivity index (χ0n) is 20.6. The topological polar surface area (TPSA) is 81.4 Å². The van der Waals surface area contributed by atoms with Gasteiger partial charge in [-0.1, -0.05) is 60.6 Å². The molecular formula is C29H32N3O4+. The second-order valence-corrected chi connectivity index (χ2v) is 10.5. The summed E-state index contributed by atoms with van der Waals surface area (Å²) in [6.07, 6.45) is 3.32. The normalized spacial score (nSPS) is 24.6. The summed E-state index contributed by atoms with van der Waals surface area (Å²) in [5, 5.41) is 6.82. The van der Waals surface area contributed by atoms with Gasteiger partial charge in [-0.25, -0.2) is 0 Å². The molecule has 4 heterocycles. The number of rotatable bonds is 6. The van der Waals surface area contributed by atoms with E-state index in [-0.39, 0.29) is 18.0 Å². The molecule has 3 aromatic rings. The summed E-state index contributed by atoms with van der Waals surface area (Å²) in [7, 11) is 0. The van der Waals surface area contributed by atoms with Gasteiger partial charge in [-0.15, -0.1) is 0 Å². The molecule has 3 aliphatic heterocycles. The summed E-state index contributed by atoms with van der Waals surface area (Å²) in [4.78, 5) is 26.6. The minimum absolute atomic E-state index is 0.0773. The number of fused-ring (bicyclic) bond motifs is 5. The highest BCUT2D eigenvalue weighted by Crippen LogP contribution is 2.40. The standard InChI is InChI=1S/C29H31N3O4/c1-2-22-16-26(31-36-22)30-27(33)18-32-13-11-19(12-14-32)25(17-32)35-29(34)28-23-9-5-3-7-20(23)15-21-8-4-6-10-24(21)28/h3-10,16,19,25,28H,2,11-15,17-18H2,1H3/p+1/t19?,25-,32?/m0/s1. The molecule has 3 fully saturated rings. The summed E-state index contributed by atoms with van der Waals surface area (Å²) in [5.74, 6) is 0.901. The zero-order chi connectivity index (χ0) is 24.7. The van der Waals surface area contributed by atoms with E-state index in [1.54, 1.807) is 6.07 Å². The molecule has 1 aromatic heterocycles. The fraction of sp³-hybridized carbons (Fsp3) is 0.414. The third kappa shape index (κ3) is 4.22. The number of esters is 1. The fourth-order valence-electron chi connectivity index (χ4n) is 6.40. The van der Waals surface area contributed by atoms with Crippen LogP contribution >= 0.6 is 0 Å². The lowest BCUT2D eigenvalue weighted by atomic mass is 9.78. The van der Waals surface area contributed by atoms with Crippen LogP contribution in [0.25, 0.3) is 0 Å². The first-order valence-electron chi connectivity index (χ1n) is 13.0. The van der Waals surface area contributed by atoms with Crippen molar-refractivity contribution in [1.82, 2.24) is 5.16 Å². The molecule has 7 nitrogen and oxygen atoms in total. The molecule has 1 atom stereocenters. The minimum atomic E-state index is -0.404. The first-order chi connectivity index (χ1) is 17.5. The predicted molar refractivity (Wildman–Crippen MR) is 134 cm³/mol. The van der Waals surface area contributed by atoms with Crippen molar-refractivity contribution in [2.24, 2.45) is 5.92 Å². The Morgan fingerprint density at radius 1 is 1.06 bits per heavy atom. The number of quaternary nitrogens is 1. The van der Waals surface area contributed by atoms with Gasteiger partial charge in [-0.2, -0.15) is 0 Å². The van der Waals surface area contributed by atoms with E-state index >= 15 is 0 Å². The molecule has 1 amide bonds. The number of hydrogen-bond acceptors (Lipinski definition) is 5. The average Bonchev–Trinajstić information content (AvgIpc) is 3.34. The number of benzene rings is 2. The molecule has 4 aliphatic rings. The smallest absolute Gasteiger partial charge is 0.318 e. The van der Waals surface area contributed by atoms with Crippen LogP contribution in [0.4, 0.5) is 5.82 Å². The van der Waals surface area contributed by atoms with Gasteiger partial charge in [0, 0.05) is 31.2 Å². The Morgan fingerprint density at radius 3 is 2.36 bits per heavy atom. The third-order valence-electron chi connectivity index (χ3n) is 8.31. The molecule has 36 heavy (non-hydrogen) atoms. The number of anilines is 1. The summed E-state index contributed by atoms with van der Waals surface area (Å²) in [6.45, 7) is 4.87. The number of carbonyl (C=O) groups is 2. The molecule has 186 valence electrons. The van der Waals surface area contributed by atoms with Crippen LogP contribution in [0.15, 0.2) is 59.1 Å². The Kier molecular flexibility index (Phi) is 5.88. The molecule has 3 saturated heterocycles. The zero-order valence-corrected chi connectivity index (χ0v) is 20.6. The molecule has 2 bridgehead atoms. The average molecular weight is 487 g/mol. The second-order valence-electron chi connectivity index (χ2n) is 10.5. The number of amides is 1. The third-order valence-corrected chi connectivity index (χ3v) is 8.31. The molecule has 0 saturated carbocycles. The highest BCUT2D eigenvalue weighted by Gasteiger charge is 2.49. The van der Waals surface area contributed by atoms with E-state index in [1.165, 1.54) is 11.1 Å². The number of carbonyl (C=O) groups excluding carboxylic acids is 2. The summed E-state index contributed by atoms with van der Waals surface area (Å²) in [6, 6.07) is 18.2. The van der Waals surface area contributed by atoms with Crippen LogP contribution in [0, 0.1) is 5.92 Å². The van der Waals surface area contributed by atoms with Crippen LogP contribution < -0.4 is 5.32 Å². The lowest BCUT2D eigenvalue weighted by Crippen LogP contribution is -2.66. The maximum Gasteiger partial charge on any atom is 0.318 e. The molecule has 2 aromatic carbocycles. The van der Waals surface area contributed by atoms with Crippen molar-refractivity contribution in [1.29, 1.82) is 0 Å². The molecule has 7 rings (SSSR count). The van der Waals surface area contributed by atoms with Gasteiger partial charge in [0.05, 0.1) is 13.1 Å². The van der Waals surface area contributed by atoms with Gasteiger partial charge in [-0.3, -0.25) is 9.59 Å². The van der Waals surface area contributed by atoms with E-state index in [1.807, 2.05) is 31.2 Å². The quantitative estimate of drug-likeness (QED) is 0.420. The first-order valence-corrected chi connectivity index (χ1v) is 13.0. The number of nitrogens with one attached hydrogen (secondary N) is 1. The van der Waals surface area contributed by atoms with Gasteiger partial charge in [0.15, 0.2) is 18.5 Å². The van der Waals surface area contributed by atoms with Gasteiger partial charge < -0.3 is 19.1 Å². The van der Waals surface area contributed by atoms with Crippen molar-refractivity contribution in [3.05, 3.63) is 82.6 Å². The van der Waals surface area contributed by atoms with Crippen molar-refractivity contribution in [2.75, 3.05) is 31.5 Å². The van der Waals surface area contributed by atoms with Crippen molar-refractivity contribution in [3.63, 3.8) is 0 Å². The van der Waals surface area contributed by atoms with Crippen LogP contribution in [-0.4, -0.2) is 53.8 Å². The molecule has 0 radical (unpaired) electrons. The predicted octanol–water partition coefficient (Wildman–Crippen LogP) is 4.06. The maximum atomic E-state index is 13.7. The van der Waals surface area contributed by atoms with E-state index < -0.39 is 5.92 Å². The van der Waals surface area contributed by atoms with Gasteiger partial charge >= 0.3 is 5.97 Å². The van der Waals surface area contributed by atoms with Crippen LogP contribution in [0.1, 0.15) is 53.7 Å². The maximum absolute atomic E-state index is 13.7. The minimum Gasteiger partial charge on any atom is -0.455 e. The Morgan fingerprint density at radius 2 is 1.72 bits per heavy atom. The van der Waals surface area contributed by atoms with E-state index in [9.17, 15) is 9.59 Å². The molecule has 0 spiro atoms. The summed E-state index contributed by atoms with van der Waals surface area (Å²) >= 11 is 0. The van der Waals surface area contributed by atoms with Crippen LogP contribution in [0.2, 0.25) is 0 Å². The van der Waals surface area contributed by atoms with Crippen LogP contribution in [0.3, 0.4) is 0 Å². The van der Waals surface area contributed by atoms with E-state index in [0.29, 0.717) is 29.3 Å². The Hall–Kier alpha value is -3.45. The van der Waals surface area contributed by atoms with E-state index in [4.69, 9.17) is 9.26 Å². The van der Waals surface area contributed by atoms with Gasteiger partial charge in [0.2, 0.25) is 0 Å². The Balaban J connectivity index is 1.18. The molecular weight excluding hydrogens is 454 g/mol. The molecule has 1 aliphatic carbocycles. The number of nitrogens with zero attached hydrogens (tertiary/aromatic N) is 2.